The predicted molar refractivity (Wildman–Crippen MR) is 78.9 cm³/mol. The van der Waals surface area contributed by atoms with Gasteiger partial charge in [0.05, 0.1) is 14.2 Å². The van der Waals surface area contributed by atoms with Gasteiger partial charge < -0.3 is 9.47 Å². The van der Waals surface area contributed by atoms with Gasteiger partial charge in [-0.15, -0.1) is 0 Å². The molecule has 3 heteroatoms. The van der Waals surface area contributed by atoms with E-state index in [-0.39, 0.29) is 5.78 Å². The molecule has 0 saturated carbocycles. The van der Waals surface area contributed by atoms with Crippen molar-refractivity contribution >= 4 is 5.78 Å². The summed E-state index contributed by atoms with van der Waals surface area (Å²) < 4.78 is 10.4. The fourth-order valence-electron chi connectivity index (χ4n) is 2.16. The number of rotatable bonds is 4. The van der Waals surface area contributed by atoms with Crippen LogP contribution in [0.5, 0.6) is 11.5 Å². The zero-order chi connectivity index (χ0) is 14.7. The van der Waals surface area contributed by atoms with E-state index in [0.29, 0.717) is 11.1 Å². The van der Waals surface area contributed by atoms with Gasteiger partial charge >= 0.3 is 0 Å². The quantitative estimate of drug-likeness (QED) is 0.797. The number of ketones is 1. The topological polar surface area (TPSA) is 35.5 Å². The van der Waals surface area contributed by atoms with Crippen LogP contribution in [-0.4, -0.2) is 20.0 Å². The largest absolute Gasteiger partial charge is 0.497 e. The molecule has 0 atom stereocenters. The minimum absolute atomic E-state index is 0.0101. The number of hydrogen-bond donors (Lipinski definition) is 0. The Kier molecular flexibility index (Phi) is 4.08. The number of carbonyl (C=O) groups excluding carboxylic acids is 1. The van der Waals surface area contributed by atoms with Gasteiger partial charge in [0.25, 0.3) is 0 Å². The lowest BCUT2D eigenvalue weighted by atomic mass is 9.95. The molecule has 0 N–H and O–H groups in total. The molecule has 0 heterocycles. The van der Waals surface area contributed by atoms with E-state index in [1.807, 2.05) is 26.0 Å². The Morgan fingerprint density at radius 2 is 1.50 bits per heavy atom. The average Bonchev–Trinajstić information content (AvgIpc) is 2.49. The monoisotopic (exact) mass is 270 g/mol. The van der Waals surface area contributed by atoms with E-state index in [0.717, 1.165) is 22.6 Å². The summed E-state index contributed by atoms with van der Waals surface area (Å²) in [4.78, 5) is 12.5. The first kappa shape index (κ1) is 14.1. The number of benzene rings is 2. The van der Waals surface area contributed by atoms with Crippen molar-refractivity contribution in [3.05, 3.63) is 58.7 Å². The molecule has 0 spiro atoms. The molecule has 2 aromatic rings. The van der Waals surface area contributed by atoms with E-state index < -0.39 is 0 Å². The normalized spacial score (nSPS) is 10.2. The van der Waals surface area contributed by atoms with Gasteiger partial charge in [-0.25, -0.2) is 0 Å². The highest BCUT2D eigenvalue weighted by Crippen LogP contribution is 2.26. The molecule has 2 aromatic carbocycles. The molecule has 2 rings (SSSR count). The Labute approximate surface area is 119 Å². The molecule has 0 aliphatic carbocycles. The second kappa shape index (κ2) is 5.78. The Hall–Kier alpha value is -2.29. The highest BCUT2D eigenvalue weighted by Gasteiger charge is 2.15. The van der Waals surface area contributed by atoms with Crippen molar-refractivity contribution in [3.63, 3.8) is 0 Å². The van der Waals surface area contributed by atoms with E-state index in [1.165, 1.54) is 0 Å². The van der Waals surface area contributed by atoms with Crippen LogP contribution < -0.4 is 9.47 Å². The van der Waals surface area contributed by atoms with E-state index in [1.54, 1.807) is 38.5 Å². The SMILES string of the molecule is COc1ccc(C(=O)c2ccc(OC)c(C)c2C)cc1. The van der Waals surface area contributed by atoms with Crippen molar-refractivity contribution in [1.29, 1.82) is 0 Å². The van der Waals surface area contributed by atoms with Crippen LogP contribution in [0.2, 0.25) is 0 Å². The van der Waals surface area contributed by atoms with Gasteiger partial charge in [-0.1, -0.05) is 0 Å². The maximum Gasteiger partial charge on any atom is 0.193 e. The third kappa shape index (κ3) is 2.52. The smallest absolute Gasteiger partial charge is 0.193 e. The van der Waals surface area contributed by atoms with Crippen molar-refractivity contribution < 1.29 is 14.3 Å². The molecule has 0 fully saturated rings. The van der Waals surface area contributed by atoms with Gasteiger partial charge in [-0.05, 0) is 61.4 Å². The summed E-state index contributed by atoms with van der Waals surface area (Å²) in [6, 6.07) is 10.8. The molecule has 0 bridgehead atoms. The van der Waals surface area contributed by atoms with Gasteiger partial charge in [0, 0.05) is 11.1 Å². The molecular formula is C17H18O3. The fourth-order valence-corrected chi connectivity index (χ4v) is 2.16. The summed E-state index contributed by atoms with van der Waals surface area (Å²) in [5, 5.41) is 0. The Bertz CT molecular complexity index is 627. The standard InChI is InChI=1S/C17H18O3/c1-11-12(2)16(20-4)10-9-15(11)17(18)13-5-7-14(19-3)8-6-13/h5-10H,1-4H3. The highest BCUT2D eigenvalue weighted by atomic mass is 16.5. The van der Waals surface area contributed by atoms with Crippen LogP contribution in [0, 0.1) is 13.8 Å². The third-order valence-corrected chi connectivity index (χ3v) is 3.55. The fraction of sp³-hybridized carbons (Fsp3) is 0.235. The first-order valence-corrected chi connectivity index (χ1v) is 6.41. The number of hydrogen-bond acceptors (Lipinski definition) is 3. The van der Waals surface area contributed by atoms with Crippen LogP contribution in [0.3, 0.4) is 0 Å². The Morgan fingerprint density at radius 1 is 0.850 bits per heavy atom. The van der Waals surface area contributed by atoms with Gasteiger partial charge in [0.2, 0.25) is 0 Å². The van der Waals surface area contributed by atoms with Crippen LogP contribution in [-0.2, 0) is 0 Å². The lowest BCUT2D eigenvalue weighted by Crippen LogP contribution is -2.05. The molecule has 104 valence electrons. The number of carbonyl (C=O) groups is 1. The summed E-state index contributed by atoms with van der Waals surface area (Å²) >= 11 is 0. The van der Waals surface area contributed by atoms with E-state index in [2.05, 4.69) is 0 Å². The summed E-state index contributed by atoms with van der Waals surface area (Å²) in [5.41, 5.74) is 3.30. The molecule has 0 radical (unpaired) electrons. The van der Waals surface area contributed by atoms with Gasteiger partial charge in [0.1, 0.15) is 11.5 Å². The molecule has 0 unspecified atom stereocenters. The Balaban J connectivity index is 2.40. The molecule has 3 nitrogen and oxygen atoms in total. The molecule has 0 aliphatic rings. The van der Waals surface area contributed by atoms with Crippen LogP contribution in [0.4, 0.5) is 0 Å². The first-order chi connectivity index (χ1) is 9.58. The zero-order valence-corrected chi connectivity index (χ0v) is 12.2. The van der Waals surface area contributed by atoms with Crippen molar-refractivity contribution in [2.75, 3.05) is 14.2 Å². The van der Waals surface area contributed by atoms with E-state index >= 15 is 0 Å². The first-order valence-electron chi connectivity index (χ1n) is 6.41. The molecule has 0 aliphatic heterocycles. The Morgan fingerprint density at radius 3 is 2.05 bits per heavy atom. The van der Waals surface area contributed by atoms with E-state index in [4.69, 9.17) is 9.47 Å². The highest BCUT2D eigenvalue weighted by molar-refractivity contribution is 6.10. The lowest BCUT2D eigenvalue weighted by molar-refractivity contribution is 0.103. The van der Waals surface area contributed by atoms with Crippen molar-refractivity contribution in [2.24, 2.45) is 0 Å². The van der Waals surface area contributed by atoms with Gasteiger partial charge in [-0.2, -0.15) is 0 Å². The third-order valence-electron chi connectivity index (χ3n) is 3.55. The van der Waals surface area contributed by atoms with Gasteiger partial charge in [-0.3, -0.25) is 4.79 Å². The summed E-state index contributed by atoms with van der Waals surface area (Å²) in [6.07, 6.45) is 0. The number of methoxy groups -OCH3 is 2. The van der Waals surface area contributed by atoms with Crippen molar-refractivity contribution in [3.8, 4) is 11.5 Å². The molecule has 0 aromatic heterocycles. The van der Waals surface area contributed by atoms with Crippen LogP contribution in [0.15, 0.2) is 36.4 Å². The maximum atomic E-state index is 12.5. The summed E-state index contributed by atoms with van der Waals surface area (Å²) in [6.45, 7) is 3.90. The maximum absolute atomic E-state index is 12.5. The zero-order valence-electron chi connectivity index (χ0n) is 12.2. The average molecular weight is 270 g/mol. The van der Waals surface area contributed by atoms with Gasteiger partial charge in [0.15, 0.2) is 5.78 Å². The molecule has 0 amide bonds. The summed E-state index contributed by atoms with van der Waals surface area (Å²) in [7, 11) is 3.24. The van der Waals surface area contributed by atoms with Crippen LogP contribution in [0.25, 0.3) is 0 Å². The molecule has 20 heavy (non-hydrogen) atoms. The molecular weight excluding hydrogens is 252 g/mol. The van der Waals surface area contributed by atoms with E-state index in [9.17, 15) is 4.79 Å². The van der Waals surface area contributed by atoms with Crippen LogP contribution >= 0.6 is 0 Å². The van der Waals surface area contributed by atoms with Crippen molar-refractivity contribution in [1.82, 2.24) is 0 Å². The lowest BCUT2D eigenvalue weighted by Gasteiger charge is -2.12. The minimum atomic E-state index is 0.0101. The number of ether oxygens (including phenoxy) is 2. The van der Waals surface area contributed by atoms with Crippen molar-refractivity contribution in [2.45, 2.75) is 13.8 Å². The van der Waals surface area contributed by atoms with Crippen LogP contribution in [0.1, 0.15) is 27.0 Å². The summed E-state index contributed by atoms with van der Waals surface area (Å²) in [5.74, 6) is 1.55. The second-order valence-electron chi connectivity index (χ2n) is 4.62. The predicted octanol–water partition coefficient (Wildman–Crippen LogP) is 3.55. The minimum Gasteiger partial charge on any atom is -0.497 e. The second-order valence-corrected chi connectivity index (χ2v) is 4.62. The molecule has 0 saturated heterocycles.